The molecule has 64 heavy (non-hydrogen) atoms. The van der Waals surface area contributed by atoms with E-state index in [1.54, 1.807) is 62.5 Å². The molecule has 6 rings (SSSR count). The van der Waals surface area contributed by atoms with Crippen LogP contribution in [0.4, 0.5) is 53.9 Å². The minimum absolute atomic E-state index is 0.0479. The molecule has 8 N–H and O–H groups in total. The number of amides is 4. The van der Waals surface area contributed by atoms with E-state index < -0.39 is 34.5 Å². The lowest BCUT2D eigenvalue weighted by Gasteiger charge is -2.13. The average Bonchev–Trinajstić information content (AvgIpc) is 3.23. The SMILES string of the molecule is CNC(=O)c1cc(Oc2ccc(N)cc2C)ccn1.CNC(=O)c1cc(Oc2ccc(NC(=O)Nc3ccc(Cl)c(C(F)(F)F)c3)cc2C)ccn1.Nc1ccc(Cl)c(C(F)(F)F)c1. The van der Waals surface area contributed by atoms with E-state index in [1.807, 2.05) is 13.0 Å². The van der Waals surface area contributed by atoms with Crippen molar-refractivity contribution in [1.29, 1.82) is 0 Å². The number of carbonyl (C=O) groups excluding carboxylic acids is 3. The number of aromatic nitrogens is 2. The van der Waals surface area contributed by atoms with E-state index in [-0.39, 0.29) is 33.9 Å². The van der Waals surface area contributed by atoms with Crippen LogP contribution in [0.5, 0.6) is 23.0 Å². The van der Waals surface area contributed by atoms with Crippen LogP contribution in [0.1, 0.15) is 43.2 Å². The molecule has 21 heteroatoms. The Kier molecular flexibility index (Phi) is 16.8. The molecule has 336 valence electrons. The van der Waals surface area contributed by atoms with Gasteiger partial charge in [-0.15, -0.1) is 0 Å². The third-order valence-corrected chi connectivity index (χ3v) is 8.95. The van der Waals surface area contributed by atoms with Crippen LogP contribution in [0.15, 0.2) is 109 Å². The van der Waals surface area contributed by atoms with Crippen LogP contribution in [0.25, 0.3) is 0 Å². The van der Waals surface area contributed by atoms with Gasteiger partial charge in [0, 0.05) is 61.4 Å². The van der Waals surface area contributed by atoms with Crippen LogP contribution < -0.4 is 42.2 Å². The molecule has 0 atom stereocenters. The highest BCUT2D eigenvalue weighted by atomic mass is 35.5. The van der Waals surface area contributed by atoms with Crippen molar-refractivity contribution in [3.8, 4) is 23.0 Å². The van der Waals surface area contributed by atoms with E-state index in [1.165, 1.54) is 37.6 Å². The molecule has 0 spiro atoms. The highest BCUT2D eigenvalue weighted by Gasteiger charge is 2.34. The third kappa shape index (κ3) is 14.4. The van der Waals surface area contributed by atoms with E-state index in [9.17, 15) is 40.7 Å². The quantitative estimate of drug-likeness (QED) is 0.0636. The fraction of sp³-hybridized carbons (Fsp3) is 0.140. The minimum Gasteiger partial charge on any atom is -0.457 e. The number of benzene rings is 4. The predicted octanol–water partition coefficient (Wildman–Crippen LogP) is 10.9. The van der Waals surface area contributed by atoms with Crippen molar-refractivity contribution in [2.75, 3.05) is 36.2 Å². The molecule has 2 aromatic heterocycles. The summed E-state index contributed by atoms with van der Waals surface area (Å²) in [6, 6.07) is 22.1. The van der Waals surface area contributed by atoms with Crippen LogP contribution in [-0.2, 0) is 12.4 Å². The zero-order valence-corrected chi connectivity index (χ0v) is 35.5. The van der Waals surface area contributed by atoms with Crippen LogP contribution >= 0.6 is 23.2 Å². The van der Waals surface area contributed by atoms with Crippen LogP contribution in [0.2, 0.25) is 10.0 Å². The smallest absolute Gasteiger partial charge is 0.417 e. The molecule has 2 heterocycles. The van der Waals surface area contributed by atoms with Gasteiger partial charge in [0.25, 0.3) is 11.8 Å². The standard InChI is InChI=1S/C22H18ClF3N4O3.C14H15N3O2.C7H5ClF3N/c1-12-9-13(4-6-19(12)33-15-7-8-28-18(11-15)20(31)27-2)29-21(32)30-14-3-5-17(23)16(10-14)22(24,25)26;1-9-7-10(15)3-4-13(9)19-11-5-6-17-12(8-11)14(18)16-2;8-6-2-1-4(12)3-5(6)7(9,10)11/h3-11H,1-2H3,(H,27,31)(H2,29,30,32);3-8H,15H2,1-2H3,(H,16,18);1-3H,12H2. The number of hydrogen-bond acceptors (Lipinski definition) is 9. The average molecular weight is 932 g/mol. The molecule has 0 radical (unpaired) electrons. The summed E-state index contributed by atoms with van der Waals surface area (Å²) in [4.78, 5) is 43.4. The number of anilines is 4. The maximum atomic E-state index is 13.0. The van der Waals surface area contributed by atoms with Gasteiger partial charge in [-0.3, -0.25) is 19.6 Å². The van der Waals surface area contributed by atoms with Crippen molar-refractivity contribution in [3.63, 3.8) is 0 Å². The molecule has 13 nitrogen and oxygen atoms in total. The number of aryl methyl sites for hydroxylation is 2. The molecule has 0 aliphatic carbocycles. The lowest BCUT2D eigenvalue weighted by Crippen LogP contribution is -2.20. The van der Waals surface area contributed by atoms with Gasteiger partial charge in [-0.1, -0.05) is 23.2 Å². The number of nitrogens with one attached hydrogen (secondary N) is 4. The Balaban J connectivity index is 0.000000242. The number of halogens is 8. The van der Waals surface area contributed by atoms with E-state index in [2.05, 4.69) is 31.2 Å². The Morgan fingerprint density at radius 1 is 0.562 bits per heavy atom. The molecule has 4 aromatic carbocycles. The van der Waals surface area contributed by atoms with Crippen LogP contribution in [-0.4, -0.2) is 41.9 Å². The van der Waals surface area contributed by atoms with Gasteiger partial charge in [0.1, 0.15) is 34.4 Å². The maximum Gasteiger partial charge on any atom is 0.417 e. The second-order valence-electron chi connectivity index (χ2n) is 13.1. The molecule has 0 bridgehead atoms. The Labute approximate surface area is 372 Å². The Hall–Kier alpha value is -7.25. The van der Waals surface area contributed by atoms with Gasteiger partial charge in [0.2, 0.25) is 0 Å². The molecule has 0 unspecified atom stereocenters. The van der Waals surface area contributed by atoms with Gasteiger partial charge in [0.15, 0.2) is 0 Å². The molecule has 4 amide bonds. The Morgan fingerprint density at radius 2 is 0.969 bits per heavy atom. The number of carbonyl (C=O) groups is 3. The summed E-state index contributed by atoms with van der Waals surface area (Å²) < 4.78 is 86.7. The number of pyridine rings is 2. The molecule has 0 aliphatic heterocycles. The molecule has 0 saturated carbocycles. The zero-order chi connectivity index (χ0) is 47.4. The predicted molar refractivity (Wildman–Crippen MR) is 232 cm³/mol. The Morgan fingerprint density at radius 3 is 1.42 bits per heavy atom. The molecule has 0 fully saturated rings. The number of nitrogen functional groups attached to an aromatic ring is 2. The fourth-order valence-electron chi connectivity index (χ4n) is 5.21. The summed E-state index contributed by atoms with van der Waals surface area (Å²) in [6.07, 6.45) is -6.11. The van der Waals surface area contributed by atoms with Crippen molar-refractivity contribution in [2.24, 2.45) is 0 Å². The number of urea groups is 1. The highest BCUT2D eigenvalue weighted by Crippen LogP contribution is 2.37. The van der Waals surface area contributed by atoms with E-state index in [0.717, 1.165) is 29.8 Å². The number of nitrogens with zero attached hydrogens (tertiary/aromatic N) is 2. The first-order valence-electron chi connectivity index (χ1n) is 18.3. The first-order chi connectivity index (χ1) is 30.1. The summed E-state index contributed by atoms with van der Waals surface area (Å²) in [5, 5.41) is 9.08. The summed E-state index contributed by atoms with van der Waals surface area (Å²) in [7, 11) is 3.05. The summed E-state index contributed by atoms with van der Waals surface area (Å²) in [6.45, 7) is 3.65. The van der Waals surface area contributed by atoms with E-state index >= 15 is 0 Å². The van der Waals surface area contributed by atoms with Gasteiger partial charge in [0.05, 0.1) is 21.2 Å². The number of rotatable bonds is 8. The largest absolute Gasteiger partial charge is 0.457 e. The van der Waals surface area contributed by atoms with Gasteiger partial charge < -0.3 is 42.2 Å². The molecular formula is C43H38Cl2F6N8O5. The van der Waals surface area contributed by atoms with E-state index in [0.29, 0.717) is 45.6 Å². The molecule has 0 aliphatic rings. The molecular weight excluding hydrogens is 893 g/mol. The van der Waals surface area contributed by atoms with E-state index in [4.69, 9.17) is 44.1 Å². The topological polar surface area (TPSA) is 196 Å². The fourth-order valence-corrected chi connectivity index (χ4v) is 5.66. The summed E-state index contributed by atoms with van der Waals surface area (Å²) >= 11 is 10.9. The molecule has 6 aromatic rings. The monoisotopic (exact) mass is 930 g/mol. The lowest BCUT2D eigenvalue weighted by molar-refractivity contribution is -0.138. The number of hydrogen-bond donors (Lipinski definition) is 6. The van der Waals surface area contributed by atoms with Gasteiger partial charge >= 0.3 is 18.4 Å². The van der Waals surface area contributed by atoms with Gasteiger partial charge in [-0.05, 0) is 110 Å². The number of alkyl halides is 6. The van der Waals surface area contributed by atoms with Crippen molar-refractivity contribution in [3.05, 3.63) is 153 Å². The van der Waals surface area contributed by atoms with Crippen LogP contribution in [0, 0.1) is 13.8 Å². The maximum absolute atomic E-state index is 13.0. The first kappa shape index (κ1) is 49.4. The zero-order valence-electron chi connectivity index (χ0n) is 34.0. The Bertz CT molecular complexity index is 2630. The normalized spacial score (nSPS) is 10.8. The van der Waals surface area contributed by atoms with Crippen molar-refractivity contribution in [2.45, 2.75) is 26.2 Å². The van der Waals surface area contributed by atoms with Gasteiger partial charge in [-0.2, -0.15) is 26.3 Å². The first-order valence-corrected chi connectivity index (χ1v) is 19.1. The summed E-state index contributed by atoms with van der Waals surface area (Å²) in [5.41, 5.74) is 12.1. The van der Waals surface area contributed by atoms with Crippen LogP contribution in [0.3, 0.4) is 0 Å². The highest BCUT2D eigenvalue weighted by molar-refractivity contribution is 6.31. The second kappa shape index (κ2) is 21.7. The lowest BCUT2D eigenvalue weighted by atomic mass is 10.2. The third-order valence-electron chi connectivity index (χ3n) is 8.30. The minimum atomic E-state index is -4.64. The van der Waals surface area contributed by atoms with Crippen molar-refractivity contribution >= 4 is 63.8 Å². The van der Waals surface area contributed by atoms with Crippen molar-refractivity contribution < 1.29 is 50.2 Å². The summed E-state index contributed by atoms with van der Waals surface area (Å²) in [5.74, 6) is 1.52. The van der Waals surface area contributed by atoms with Crippen molar-refractivity contribution in [1.82, 2.24) is 20.6 Å². The van der Waals surface area contributed by atoms with Gasteiger partial charge in [-0.25, -0.2) is 4.79 Å². The second-order valence-corrected chi connectivity index (χ2v) is 13.9. The molecule has 0 saturated heterocycles. The number of nitrogens with two attached hydrogens (primary N) is 2. The number of ether oxygens (including phenoxy) is 2.